The zero-order valence-corrected chi connectivity index (χ0v) is 52.0. The largest absolute Gasteiger partial charge is 0.481 e. The number of hydrogen-bond donors (Lipinski definition) is 0. The van der Waals surface area contributed by atoms with Crippen LogP contribution in [0, 0.1) is 17.5 Å². The Balaban J connectivity index is 0.000000130. The van der Waals surface area contributed by atoms with Gasteiger partial charge in [-0.3, -0.25) is 9.13 Å². The van der Waals surface area contributed by atoms with Crippen LogP contribution in [0.3, 0.4) is 0 Å². The summed E-state index contributed by atoms with van der Waals surface area (Å²) in [5.41, 5.74) is 5.21. The highest BCUT2D eigenvalue weighted by Crippen LogP contribution is 2.39. The van der Waals surface area contributed by atoms with Gasteiger partial charge in [-0.05, 0) is 79.1 Å². The molecule has 0 N–H and O–H groups in total. The summed E-state index contributed by atoms with van der Waals surface area (Å²) in [7, 11) is 7.98. The maximum Gasteiger partial charge on any atom is 0.232 e. The Labute approximate surface area is 527 Å². The number of halogens is 6. The molecule has 14 rings (SSSR count). The van der Waals surface area contributed by atoms with E-state index < -0.39 is 0 Å². The number of likely N-dealkylation sites (tertiary alicyclic amines) is 1. The van der Waals surface area contributed by atoms with Gasteiger partial charge in [0, 0.05) is 106 Å². The number of pyridine rings is 3. The number of nitrogens with zero attached hydrogens (tertiary/aromatic N) is 16. The van der Waals surface area contributed by atoms with Crippen molar-refractivity contribution in [2.45, 2.75) is 31.3 Å². The molecule has 0 bridgehead atoms. The van der Waals surface area contributed by atoms with Crippen molar-refractivity contribution >= 4 is 102 Å². The van der Waals surface area contributed by atoms with E-state index in [2.05, 4.69) is 68.7 Å². The molecule has 3 aliphatic heterocycles. The number of anilines is 2. The van der Waals surface area contributed by atoms with Gasteiger partial charge in [0.25, 0.3) is 0 Å². The van der Waals surface area contributed by atoms with Crippen molar-refractivity contribution in [2.24, 2.45) is 4.99 Å². The number of aromatic nitrogens is 12. The highest BCUT2D eigenvalue weighted by Gasteiger charge is 2.36. The summed E-state index contributed by atoms with van der Waals surface area (Å²) < 4.78 is 76.9. The van der Waals surface area contributed by atoms with E-state index in [-0.39, 0.29) is 35.6 Å². The van der Waals surface area contributed by atoms with Crippen LogP contribution in [0.15, 0.2) is 133 Å². The predicted molar refractivity (Wildman–Crippen MR) is 338 cm³/mol. The summed E-state index contributed by atoms with van der Waals surface area (Å²) in [6, 6.07) is 25.8. The minimum Gasteiger partial charge on any atom is -0.481 e. The lowest BCUT2D eigenvalue weighted by atomic mass is 10.1. The molecule has 0 aliphatic carbocycles. The quantitative estimate of drug-likeness (QED) is 0.0697. The van der Waals surface area contributed by atoms with Crippen LogP contribution in [0.4, 0.5) is 30.8 Å². The minimum absolute atomic E-state index is 0.186. The van der Waals surface area contributed by atoms with Crippen LogP contribution in [-0.2, 0) is 22.7 Å². The van der Waals surface area contributed by atoms with Crippen LogP contribution in [0.1, 0.15) is 29.8 Å². The Hall–Kier alpha value is -8.59. The Kier molecular flexibility index (Phi) is 17.9. The van der Waals surface area contributed by atoms with E-state index in [1.165, 1.54) is 36.4 Å². The maximum absolute atomic E-state index is 13.6. The summed E-state index contributed by atoms with van der Waals surface area (Å²) in [5, 5.41) is 22.2. The van der Waals surface area contributed by atoms with Crippen molar-refractivity contribution in [3.05, 3.63) is 172 Å². The van der Waals surface area contributed by atoms with Gasteiger partial charge in [0.2, 0.25) is 29.5 Å². The molecule has 0 spiro atoms. The average molecular weight is 1290 g/mol. The van der Waals surface area contributed by atoms with Gasteiger partial charge < -0.3 is 52.1 Å². The summed E-state index contributed by atoms with van der Waals surface area (Å²) >= 11 is 20.6. The lowest BCUT2D eigenvalue weighted by molar-refractivity contribution is 0.176. The summed E-state index contributed by atoms with van der Waals surface area (Å²) in [4.78, 5) is 23.9. The number of thioether (sulfide) groups is 1. The van der Waals surface area contributed by atoms with Crippen LogP contribution >= 0.6 is 46.6 Å². The van der Waals surface area contributed by atoms with Gasteiger partial charge in [-0.25, -0.2) is 33.1 Å². The topological polar surface area (TPSA) is 183 Å². The van der Waals surface area contributed by atoms with E-state index in [0.29, 0.717) is 95.6 Å². The highest BCUT2D eigenvalue weighted by molar-refractivity contribution is 8.13. The number of methoxy groups -OCH3 is 5. The van der Waals surface area contributed by atoms with Gasteiger partial charge in [-0.15, -0.1) is 20.4 Å². The van der Waals surface area contributed by atoms with E-state index >= 15 is 0 Å². The number of benzene rings is 3. The van der Waals surface area contributed by atoms with Gasteiger partial charge >= 0.3 is 0 Å². The Morgan fingerprint density at radius 2 is 0.888 bits per heavy atom. The van der Waals surface area contributed by atoms with Gasteiger partial charge in [0.05, 0.1) is 107 Å². The Morgan fingerprint density at radius 1 is 0.506 bits per heavy atom. The van der Waals surface area contributed by atoms with Gasteiger partial charge in [-0.2, -0.15) is 0 Å². The van der Waals surface area contributed by atoms with E-state index in [1.807, 2.05) is 52.2 Å². The SMILES string of the molecule is COCc1nnc(N2CC(n3cc(Cl)c4cc(F)ccc43)C2)n1-c1ccc(OC)nc1.COCc1nnc(N2CC(n3cc(Cl)c4cc(F)ccc43)C2)n1-c1ccc(OC)nc1.COc1ccc(N=C(SC)N2CC(n3cc(Cl)c4cc(F)ccc43)C2)cn1. The molecule has 11 heterocycles. The molecule has 8 aromatic heterocycles. The molecule has 28 heteroatoms. The van der Waals surface area contributed by atoms with E-state index in [4.69, 9.17) is 58.5 Å². The molecule has 3 fully saturated rings. The molecular formula is C61H58Cl3F3N16O5S. The number of aliphatic imine (C=N–C) groups is 1. The molecule has 0 amide bonds. The second-order valence-electron chi connectivity index (χ2n) is 21.0. The molecule has 11 aromatic rings. The first kappa shape index (κ1) is 60.7. The molecule has 0 radical (unpaired) electrons. The number of ether oxygens (including phenoxy) is 5. The van der Waals surface area contributed by atoms with E-state index in [9.17, 15) is 13.2 Å². The van der Waals surface area contributed by atoms with E-state index in [1.54, 1.807) is 102 Å². The van der Waals surface area contributed by atoms with Gasteiger partial charge in [0.15, 0.2) is 16.8 Å². The first-order valence-electron chi connectivity index (χ1n) is 27.9. The second kappa shape index (κ2) is 26.2. The van der Waals surface area contributed by atoms with E-state index in [0.717, 1.165) is 68.0 Å². The number of rotatable bonds is 15. The summed E-state index contributed by atoms with van der Waals surface area (Å²) in [6.45, 7) is 5.14. The third-order valence-corrected chi connectivity index (χ3v) is 17.1. The fourth-order valence-electron chi connectivity index (χ4n) is 11.0. The third-order valence-electron chi connectivity index (χ3n) is 15.5. The van der Waals surface area contributed by atoms with Crippen molar-refractivity contribution in [2.75, 3.05) is 90.9 Å². The molecule has 3 aromatic carbocycles. The molecule has 460 valence electrons. The van der Waals surface area contributed by atoms with Crippen molar-refractivity contribution in [3.8, 4) is 29.0 Å². The number of hydrogen-bond acceptors (Lipinski definition) is 16. The lowest BCUT2D eigenvalue weighted by Crippen LogP contribution is -2.49. The first-order valence-corrected chi connectivity index (χ1v) is 30.2. The third kappa shape index (κ3) is 12.3. The fourth-order valence-corrected chi connectivity index (χ4v) is 12.4. The molecule has 0 atom stereocenters. The van der Waals surface area contributed by atoms with Crippen LogP contribution in [0.25, 0.3) is 44.1 Å². The highest BCUT2D eigenvalue weighted by atomic mass is 35.5. The predicted octanol–water partition coefficient (Wildman–Crippen LogP) is 12.0. The molecule has 3 saturated heterocycles. The van der Waals surface area contributed by atoms with Crippen LogP contribution < -0.4 is 24.0 Å². The molecule has 21 nitrogen and oxygen atoms in total. The average Bonchev–Trinajstić information content (AvgIpc) is 1.86. The molecule has 0 unspecified atom stereocenters. The second-order valence-corrected chi connectivity index (χ2v) is 23.0. The van der Waals surface area contributed by atoms with Crippen LogP contribution in [0.2, 0.25) is 15.1 Å². The first-order chi connectivity index (χ1) is 43.3. The normalized spacial score (nSPS) is 14.6. The monoisotopic (exact) mass is 1290 g/mol. The van der Waals surface area contributed by atoms with Crippen molar-refractivity contribution in [1.29, 1.82) is 0 Å². The van der Waals surface area contributed by atoms with Crippen molar-refractivity contribution in [1.82, 2.24) is 63.1 Å². The summed E-state index contributed by atoms with van der Waals surface area (Å²) in [5.74, 6) is 3.54. The zero-order valence-electron chi connectivity index (χ0n) is 48.9. The Morgan fingerprint density at radius 3 is 1.22 bits per heavy atom. The molecular weight excluding hydrogens is 1230 g/mol. The standard InChI is InChI=1S/2C21H20ClFN6O2.C19H18ClFN4OS/c2*1-30-12-19-25-26-21(29(19)14-4-6-20(31-2)24-8-14)27-9-15(10-27)28-11-17(22)16-7-13(23)3-5-18(16)28;1-26-18-6-4-13(8-22-18)23-19(27-2)24-9-14(10-24)25-11-16(20)15-7-12(21)3-5-17(15)25/h2*3-8,11,15H,9-10,12H2,1-2H3;3-8,11,14H,9-10H2,1-2H3. The van der Waals surface area contributed by atoms with Crippen molar-refractivity contribution in [3.63, 3.8) is 0 Å². The Bertz CT molecular complexity index is 4140. The molecule has 3 aliphatic rings. The molecule has 0 saturated carbocycles. The number of fused-ring (bicyclic) bond motifs is 3. The smallest absolute Gasteiger partial charge is 0.232 e. The lowest BCUT2D eigenvalue weighted by Gasteiger charge is -2.41. The molecule has 89 heavy (non-hydrogen) atoms. The number of amidine groups is 1. The minimum atomic E-state index is -0.297. The van der Waals surface area contributed by atoms with Gasteiger partial charge in [0.1, 0.15) is 30.7 Å². The zero-order chi connectivity index (χ0) is 62.0. The van der Waals surface area contributed by atoms with Crippen LogP contribution in [-0.4, -0.2) is 149 Å². The fraction of sp³-hybridized carbons (Fsp3) is 0.279. The van der Waals surface area contributed by atoms with Crippen LogP contribution in [0.5, 0.6) is 17.6 Å². The summed E-state index contributed by atoms with van der Waals surface area (Å²) in [6.07, 6.45) is 12.8. The van der Waals surface area contributed by atoms with Gasteiger partial charge in [-0.1, -0.05) is 46.6 Å². The maximum atomic E-state index is 13.6. The van der Waals surface area contributed by atoms with Crippen molar-refractivity contribution < 1.29 is 36.9 Å².